The van der Waals surface area contributed by atoms with Crippen molar-refractivity contribution in [3.8, 4) is 5.75 Å². The van der Waals surface area contributed by atoms with Crippen LogP contribution in [0.4, 0.5) is 5.69 Å². The second-order valence-electron chi connectivity index (χ2n) is 6.17. The maximum Gasteiger partial charge on any atom is 0.272 e. The number of amides is 1. The number of rotatable bonds is 8. The number of hydrogen-bond donors (Lipinski definition) is 0. The minimum absolute atomic E-state index is 0.00210. The lowest BCUT2D eigenvalue weighted by Crippen LogP contribution is -2.19. The minimum atomic E-state index is -0.468. The van der Waals surface area contributed by atoms with E-state index in [1.54, 1.807) is 25.3 Å². The molecule has 0 aliphatic carbocycles. The van der Waals surface area contributed by atoms with Crippen LogP contribution in [-0.4, -0.2) is 35.7 Å². The number of non-ortho nitro benzene ring substituents is 1. The standard InChI is InChI=1S/C21H21N3O5S/c1-3-29-14-13-23-20-17(28-2)5-4-6-18(20)30-21(23)22-19(25)12-9-15-7-10-16(11-8-15)24(26)27/h4-12H,3,13-14H2,1-2H3. The summed E-state index contributed by atoms with van der Waals surface area (Å²) in [6, 6.07) is 11.7. The van der Waals surface area contributed by atoms with Gasteiger partial charge in [-0.25, -0.2) is 0 Å². The topological polar surface area (TPSA) is 96.0 Å². The number of methoxy groups -OCH3 is 1. The molecule has 3 aromatic rings. The smallest absolute Gasteiger partial charge is 0.272 e. The molecule has 0 fully saturated rings. The van der Waals surface area contributed by atoms with Gasteiger partial charge in [-0.3, -0.25) is 14.9 Å². The number of nitro groups is 1. The molecule has 0 spiro atoms. The lowest BCUT2D eigenvalue weighted by Gasteiger charge is -2.08. The monoisotopic (exact) mass is 427 g/mol. The summed E-state index contributed by atoms with van der Waals surface area (Å²) in [4.78, 5) is 27.5. The number of benzene rings is 2. The number of aromatic nitrogens is 1. The van der Waals surface area contributed by atoms with Crippen LogP contribution in [0.5, 0.6) is 5.75 Å². The molecule has 30 heavy (non-hydrogen) atoms. The van der Waals surface area contributed by atoms with Crippen molar-refractivity contribution in [2.75, 3.05) is 20.3 Å². The Labute approximate surface area is 176 Å². The predicted octanol–water partition coefficient (Wildman–Crippen LogP) is 3.80. The molecule has 8 nitrogen and oxygen atoms in total. The minimum Gasteiger partial charge on any atom is -0.495 e. The molecule has 3 rings (SSSR count). The Morgan fingerprint density at radius 2 is 2.03 bits per heavy atom. The number of thiazole rings is 1. The molecular weight excluding hydrogens is 406 g/mol. The highest BCUT2D eigenvalue weighted by Crippen LogP contribution is 2.27. The highest BCUT2D eigenvalue weighted by Gasteiger charge is 2.12. The maximum atomic E-state index is 12.4. The quantitative estimate of drug-likeness (QED) is 0.236. The first-order chi connectivity index (χ1) is 14.5. The molecule has 0 aliphatic heterocycles. The molecule has 0 N–H and O–H groups in total. The number of hydrogen-bond acceptors (Lipinski definition) is 6. The van der Waals surface area contributed by atoms with Crippen LogP contribution in [0.15, 0.2) is 53.5 Å². The summed E-state index contributed by atoms with van der Waals surface area (Å²) in [7, 11) is 1.61. The van der Waals surface area contributed by atoms with Crippen molar-refractivity contribution in [3.05, 3.63) is 69.0 Å². The molecule has 1 heterocycles. The zero-order chi connectivity index (χ0) is 21.5. The average molecular weight is 427 g/mol. The SMILES string of the molecule is CCOCCn1c(=NC(=O)C=Cc2ccc([N+](=O)[O-])cc2)sc2cccc(OC)c21. The van der Waals surface area contributed by atoms with E-state index in [-0.39, 0.29) is 5.69 Å². The summed E-state index contributed by atoms with van der Waals surface area (Å²) in [6.45, 7) is 3.55. The average Bonchev–Trinajstić information content (AvgIpc) is 3.10. The first-order valence-corrected chi connectivity index (χ1v) is 10.1. The second kappa shape index (κ2) is 9.95. The molecular formula is C21H21N3O5S. The first-order valence-electron chi connectivity index (χ1n) is 9.28. The van der Waals surface area contributed by atoms with Crippen LogP contribution in [0.3, 0.4) is 0 Å². The predicted molar refractivity (Wildman–Crippen MR) is 116 cm³/mol. The van der Waals surface area contributed by atoms with Crippen molar-refractivity contribution >= 4 is 39.2 Å². The Balaban J connectivity index is 1.92. The number of carbonyl (C=O) groups excluding carboxylic acids is 1. The zero-order valence-corrected chi connectivity index (χ0v) is 17.4. The van der Waals surface area contributed by atoms with E-state index in [0.29, 0.717) is 35.9 Å². The molecule has 0 saturated carbocycles. The van der Waals surface area contributed by atoms with Gasteiger partial charge in [-0.1, -0.05) is 17.4 Å². The van der Waals surface area contributed by atoms with E-state index < -0.39 is 10.8 Å². The van der Waals surface area contributed by atoms with Crippen LogP contribution in [0.25, 0.3) is 16.3 Å². The Bertz CT molecular complexity index is 1150. The molecule has 0 aliphatic rings. The van der Waals surface area contributed by atoms with Gasteiger partial charge >= 0.3 is 0 Å². The zero-order valence-electron chi connectivity index (χ0n) is 16.6. The van der Waals surface area contributed by atoms with E-state index in [1.807, 2.05) is 29.7 Å². The van der Waals surface area contributed by atoms with Crippen LogP contribution in [-0.2, 0) is 16.1 Å². The van der Waals surface area contributed by atoms with E-state index in [4.69, 9.17) is 9.47 Å². The maximum absolute atomic E-state index is 12.4. The van der Waals surface area contributed by atoms with Gasteiger partial charge in [-0.2, -0.15) is 4.99 Å². The third-order valence-electron chi connectivity index (χ3n) is 4.28. The number of para-hydroxylation sites is 1. The van der Waals surface area contributed by atoms with Gasteiger partial charge in [0.15, 0.2) is 4.80 Å². The van der Waals surface area contributed by atoms with Crippen LogP contribution < -0.4 is 9.54 Å². The molecule has 1 amide bonds. The fourth-order valence-corrected chi connectivity index (χ4v) is 3.94. The van der Waals surface area contributed by atoms with Crippen LogP contribution >= 0.6 is 11.3 Å². The number of nitrogens with zero attached hydrogens (tertiary/aromatic N) is 3. The summed E-state index contributed by atoms with van der Waals surface area (Å²) in [5.74, 6) is 0.277. The summed E-state index contributed by atoms with van der Waals surface area (Å²) in [5, 5.41) is 10.7. The van der Waals surface area contributed by atoms with Crippen LogP contribution in [0.1, 0.15) is 12.5 Å². The van der Waals surface area contributed by atoms with E-state index in [2.05, 4.69) is 4.99 Å². The number of ether oxygens (including phenoxy) is 2. The molecule has 1 aromatic heterocycles. The van der Waals surface area contributed by atoms with Crippen molar-refractivity contribution in [1.82, 2.24) is 4.57 Å². The van der Waals surface area contributed by atoms with E-state index in [0.717, 1.165) is 10.2 Å². The Kier molecular flexibility index (Phi) is 7.10. The van der Waals surface area contributed by atoms with Gasteiger partial charge in [0.2, 0.25) is 0 Å². The van der Waals surface area contributed by atoms with Gasteiger partial charge in [-0.15, -0.1) is 0 Å². The number of fused-ring (bicyclic) bond motifs is 1. The van der Waals surface area contributed by atoms with Crippen molar-refractivity contribution in [3.63, 3.8) is 0 Å². The first kappa shape index (κ1) is 21.4. The molecule has 0 atom stereocenters. The molecule has 0 radical (unpaired) electrons. The van der Waals surface area contributed by atoms with Gasteiger partial charge in [0.25, 0.3) is 11.6 Å². The molecule has 2 aromatic carbocycles. The van der Waals surface area contributed by atoms with E-state index in [1.165, 1.54) is 29.5 Å². The van der Waals surface area contributed by atoms with Gasteiger partial charge in [0, 0.05) is 31.4 Å². The number of carbonyl (C=O) groups is 1. The Hall–Kier alpha value is -3.30. The fraction of sp³-hybridized carbons (Fsp3) is 0.238. The van der Waals surface area contributed by atoms with Gasteiger partial charge < -0.3 is 14.0 Å². The Morgan fingerprint density at radius 3 is 2.70 bits per heavy atom. The van der Waals surface area contributed by atoms with Gasteiger partial charge in [0.05, 0.1) is 23.3 Å². The fourth-order valence-electron chi connectivity index (χ4n) is 2.86. The lowest BCUT2D eigenvalue weighted by atomic mass is 10.2. The third kappa shape index (κ3) is 5.00. The van der Waals surface area contributed by atoms with Gasteiger partial charge in [-0.05, 0) is 42.8 Å². The van der Waals surface area contributed by atoms with E-state index in [9.17, 15) is 14.9 Å². The summed E-state index contributed by atoms with van der Waals surface area (Å²) < 4.78 is 13.8. The highest BCUT2D eigenvalue weighted by molar-refractivity contribution is 7.16. The van der Waals surface area contributed by atoms with E-state index >= 15 is 0 Å². The highest BCUT2D eigenvalue weighted by atomic mass is 32.1. The normalized spacial score (nSPS) is 12.0. The summed E-state index contributed by atoms with van der Waals surface area (Å²) in [6.07, 6.45) is 2.92. The Morgan fingerprint density at radius 1 is 1.27 bits per heavy atom. The summed E-state index contributed by atoms with van der Waals surface area (Å²) in [5.41, 5.74) is 1.54. The summed E-state index contributed by atoms with van der Waals surface area (Å²) >= 11 is 1.40. The van der Waals surface area contributed by atoms with Gasteiger partial charge in [0.1, 0.15) is 11.3 Å². The molecule has 9 heteroatoms. The molecule has 0 saturated heterocycles. The van der Waals surface area contributed by atoms with Crippen molar-refractivity contribution in [2.45, 2.75) is 13.5 Å². The van der Waals surface area contributed by atoms with Crippen LogP contribution in [0.2, 0.25) is 0 Å². The van der Waals surface area contributed by atoms with Crippen LogP contribution in [0, 0.1) is 10.1 Å². The molecule has 156 valence electrons. The lowest BCUT2D eigenvalue weighted by molar-refractivity contribution is -0.384. The van der Waals surface area contributed by atoms with Crippen molar-refractivity contribution < 1.29 is 19.2 Å². The third-order valence-corrected chi connectivity index (χ3v) is 5.32. The van der Waals surface area contributed by atoms with Crippen molar-refractivity contribution in [1.29, 1.82) is 0 Å². The molecule has 0 bridgehead atoms. The van der Waals surface area contributed by atoms with Crippen molar-refractivity contribution in [2.24, 2.45) is 4.99 Å². The number of nitro benzene ring substituents is 1. The largest absolute Gasteiger partial charge is 0.495 e. The molecule has 0 unspecified atom stereocenters. The second-order valence-corrected chi connectivity index (χ2v) is 7.18.